The third-order valence-corrected chi connectivity index (χ3v) is 3.14. The van der Waals surface area contributed by atoms with Gasteiger partial charge < -0.3 is 20.1 Å². The number of ether oxygens (including phenoxy) is 2. The van der Waals surface area contributed by atoms with E-state index in [9.17, 15) is 0 Å². The predicted molar refractivity (Wildman–Crippen MR) is 82.5 cm³/mol. The average molecular weight is 272 g/mol. The van der Waals surface area contributed by atoms with E-state index in [0.717, 1.165) is 29.3 Å². The molecule has 106 valence electrons. The Morgan fingerprint density at radius 3 is 2.45 bits per heavy atom. The summed E-state index contributed by atoms with van der Waals surface area (Å²) in [6.45, 7) is 0.745. The van der Waals surface area contributed by atoms with Crippen LogP contribution in [0.4, 0.5) is 11.4 Å². The van der Waals surface area contributed by atoms with Gasteiger partial charge in [0.25, 0.3) is 0 Å². The second-order valence-electron chi connectivity index (χ2n) is 4.67. The lowest BCUT2D eigenvalue weighted by atomic mass is 10.1. The Kier molecular flexibility index (Phi) is 4.35. The van der Waals surface area contributed by atoms with Crippen molar-refractivity contribution in [1.82, 2.24) is 0 Å². The van der Waals surface area contributed by atoms with Crippen LogP contribution in [0.15, 0.2) is 42.5 Å². The Morgan fingerprint density at radius 2 is 1.75 bits per heavy atom. The summed E-state index contributed by atoms with van der Waals surface area (Å²) in [6.07, 6.45) is 0. The van der Waals surface area contributed by atoms with Crippen molar-refractivity contribution in [2.45, 2.75) is 6.54 Å². The van der Waals surface area contributed by atoms with Gasteiger partial charge in [0, 0.05) is 37.1 Å². The van der Waals surface area contributed by atoms with Crippen molar-refractivity contribution >= 4 is 11.4 Å². The molecule has 0 heterocycles. The molecule has 0 saturated heterocycles. The van der Waals surface area contributed by atoms with Gasteiger partial charge in [0.1, 0.15) is 11.5 Å². The summed E-state index contributed by atoms with van der Waals surface area (Å²) in [5.41, 5.74) is 8.78. The van der Waals surface area contributed by atoms with Gasteiger partial charge in [-0.15, -0.1) is 0 Å². The van der Waals surface area contributed by atoms with Crippen molar-refractivity contribution < 1.29 is 9.47 Å². The van der Waals surface area contributed by atoms with Crippen LogP contribution in [-0.2, 0) is 6.54 Å². The van der Waals surface area contributed by atoms with Gasteiger partial charge in [-0.1, -0.05) is 6.07 Å². The van der Waals surface area contributed by atoms with E-state index in [1.807, 2.05) is 49.5 Å². The molecule has 0 bridgehead atoms. The molecule has 0 aliphatic rings. The van der Waals surface area contributed by atoms with Gasteiger partial charge >= 0.3 is 0 Å². The molecule has 2 N–H and O–H groups in total. The minimum Gasteiger partial charge on any atom is -0.497 e. The second-order valence-corrected chi connectivity index (χ2v) is 4.67. The van der Waals surface area contributed by atoms with E-state index in [4.69, 9.17) is 15.2 Å². The summed E-state index contributed by atoms with van der Waals surface area (Å²) in [4.78, 5) is 2.14. The Morgan fingerprint density at radius 1 is 1.00 bits per heavy atom. The maximum atomic E-state index is 5.88. The Labute approximate surface area is 119 Å². The topological polar surface area (TPSA) is 47.7 Å². The SMILES string of the molecule is COc1cc(N)cc(CN(C)c2cccc(OC)c2)c1. The number of anilines is 2. The van der Waals surface area contributed by atoms with Crippen LogP contribution in [0.5, 0.6) is 11.5 Å². The summed E-state index contributed by atoms with van der Waals surface area (Å²) in [7, 11) is 5.34. The molecule has 0 aliphatic heterocycles. The molecule has 0 saturated carbocycles. The number of rotatable bonds is 5. The van der Waals surface area contributed by atoms with Gasteiger partial charge in [0.15, 0.2) is 0 Å². The molecule has 0 fully saturated rings. The highest BCUT2D eigenvalue weighted by Gasteiger charge is 2.05. The number of methoxy groups -OCH3 is 2. The number of nitrogen functional groups attached to an aromatic ring is 1. The van der Waals surface area contributed by atoms with E-state index in [2.05, 4.69) is 4.90 Å². The zero-order valence-corrected chi connectivity index (χ0v) is 12.1. The van der Waals surface area contributed by atoms with Crippen molar-refractivity contribution in [1.29, 1.82) is 0 Å². The third-order valence-electron chi connectivity index (χ3n) is 3.14. The predicted octanol–water partition coefficient (Wildman–Crippen LogP) is 2.92. The van der Waals surface area contributed by atoms with Gasteiger partial charge in [0.05, 0.1) is 14.2 Å². The van der Waals surface area contributed by atoms with Crippen molar-refractivity contribution in [2.75, 3.05) is 31.9 Å². The first-order chi connectivity index (χ1) is 9.62. The molecular formula is C16H20N2O2. The highest BCUT2D eigenvalue weighted by Crippen LogP contribution is 2.24. The first-order valence-corrected chi connectivity index (χ1v) is 6.41. The second kappa shape index (κ2) is 6.19. The van der Waals surface area contributed by atoms with Gasteiger partial charge in [-0.25, -0.2) is 0 Å². The molecule has 4 nitrogen and oxygen atoms in total. The molecule has 0 aliphatic carbocycles. The molecule has 20 heavy (non-hydrogen) atoms. The van der Waals surface area contributed by atoms with E-state index < -0.39 is 0 Å². The first-order valence-electron chi connectivity index (χ1n) is 6.41. The normalized spacial score (nSPS) is 10.2. The van der Waals surface area contributed by atoms with E-state index in [-0.39, 0.29) is 0 Å². The highest BCUT2D eigenvalue weighted by atomic mass is 16.5. The van der Waals surface area contributed by atoms with Crippen molar-refractivity contribution in [3.63, 3.8) is 0 Å². The van der Waals surface area contributed by atoms with Crippen LogP contribution in [0, 0.1) is 0 Å². The summed E-state index contributed by atoms with van der Waals surface area (Å²) in [5, 5.41) is 0. The van der Waals surface area contributed by atoms with Crippen LogP contribution in [0.3, 0.4) is 0 Å². The maximum Gasteiger partial charge on any atom is 0.121 e. The molecule has 4 heteroatoms. The van der Waals surface area contributed by atoms with E-state index in [0.29, 0.717) is 5.69 Å². The number of benzene rings is 2. The number of hydrogen-bond donors (Lipinski definition) is 1. The van der Waals surface area contributed by atoms with Crippen LogP contribution >= 0.6 is 0 Å². The minimum atomic E-state index is 0.707. The zero-order valence-electron chi connectivity index (χ0n) is 12.1. The molecule has 2 aromatic carbocycles. The average Bonchev–Trinajstić information content (AvgIpc) is 2.46. The Bertz CT molecular complexity index is 584. The molecule has 0 unspecified atom stereocenters. The summed E-state index contributed by atoms with van der Waals surface area (Å²) >= 11 is 0. The van der Waals surface area contributed by atoms with Crippen LogP contribution in [0.1, 0.15) is 5.56 Å². The van der Waals surface area contributed by atoms with Gasteiger partial charge in [-0.2, -0.15) is 0 Å². The van der Waals surface area contributed by atoms with Gasteiger partial charge in [-0.3, -0.25) is 0 Å². The van der Waals surface area contributed by atoms with E-state index in [1.165, 1.54) is 0 Å². The minimum absolute atomic E-state index is 0.707. The highest BCUT2D eigenvalue weighted by molar-refractivity contribution is 5.52. The third kappa shape index (κ3) is 3.35. The lowest BCUT2D eigenvalue weighted by Crippen LogP contribution is -2.16. The zero-order chi connectivity index (χ0) is 14.5. The molecule has 0 atom stereocenters. The number of nitrogens with two attached hydrogens (primary N) is 1. The molecular weight excluding hydrogens is 252 g/mol. The van der Waals surface area contributed by atoms with Crippen LogP contribution in [-0.4, -0.2) is 21.3 Å². The quantitative estimate of drug-likeness (QED) is 0.850. The van der Waals surface area contributed by atoms with Crippen LogP contribution < -0.4 is 20.1 Å². The van der Waals surface area contributed by atoms with Crippen molar-refractivity contribution in [3.8, 4) is 11.5 Å². The first kappa shape index (κ1) is 14.1. The molecule has 0 aromatic heterocycles. The maximum absolute atomic E-state index is 5.88. The summed E-state index contributed by atoms with van der Waals surface area (Å²) in [5.74, 6) is 1.62. The fourth-order valence-electron chi connectivity index (χ4n) is 2.11. The lowest BCUT2D eigenvalue weighted by molar-refractivity contribution is 0.414. The number of hydrogen-bond acceptors (Lipinski definition) is 4. The van der Waals surface area contributed by atoms with Crippen molar-refractivity contribution in [3.05, 3.63) is 48.0 Å². The molecule has 0 radical (unpaired) electrons. The largest absolute Gasteiger partial charge is 0.497 e. The van der Waals surface area contributed by atoms with Crippen LogP contribution in [0.25, 0.3) is 0 Å². The van der Waals surface area contributed by atoms with Crippen molar-refractivity contribution in [2.24, 2.45) is 0 Å². The molecule has 0 amide bonds. The summed E-state index contributed by atoms with van der Waals surface area (Å²) in [6, 6.07) is 13.7. The standard InChI is InChI=1S/C16H20N2O2/c1-18(14-5-4-6-15(10-14)19-2)11-12-7-13(17)9-16(8-12)20-3/h4-10H,11,17H2,1-3H3. The smallest absolute Gasteiger partial charge is 0.121 e. The Hall–Kier alpha value is -2.36. The number of nitrogens with zero attached hydrogens (tertiary/aromatic N) is 1. The summed E-state index contributed by atoms with van der Waals surface area (Å²) < 4.78 is 10.5. The lowest BCUT2D eigenvalue weighted by Gasteiger charge is -2.20. The van der Waals surface area contributed by atoms with Gasteiger partial charge in [-0.05, 0) is 29.8 Å². The monoisotopic (exact) mass is 272 g/mol. The molecule has 2 rings (SSSR count). The Balaban J connectivity index is 2.18. The van der Waals surface area contributed by atoms with Gasteiger partial charge in [0.2, 0.25) is 0 Å². The molecule has 2 aromatic rings. The fourth-order valence-corrected chi connectivity index (χ4v) is 2.11. The van der Waals surface area contributed by atoms with E-state index >= 15 is 0 Å². The fraction of sp³-hybridized carbons (Fsp3) is 0.250. The van der Waals surface area contributed by atoms with E-state index in [1.54, 1.807) is 14.2 Å². The molecule has 0 spiro atoms. The van der Waals surface area contributed by atoms with Crippen LogP contribution in [0.2, 0.25) is 0 Å².